The van der Waals surface area contributed by atoms with Crippen molar-refractivity contribution in [2.75, 3.05) is 27.8 Å². The highest BCUT2D eigenvalue weighted by molar-refractivity contribution is 5.38. The van der Waals surface area contributed by atoms with E-state index in [0.717, 1.165) is 24.5 Å². The summed E-state index contributed by atoms with van der Waals surface area (Å²) in [5, 5.41) is 3.15. The van der Waals surface area contributed by atoms with Crippen molar-refractivity contribution in [2.24, 2.45) is 0 Å². The van der Waals surface area contributed by atoms with Gasteiger partial charge in [0.25, 0.3) is 0 Å². The molecule has 0 aliphatic carbocycles. The zero-order valence-corrected chi connectivity index (χ0v) is 10.4. The first-order valence-corrected chi connectivity index (χ1v) is 5.66. The molecule has 0 aliphatic heterocycles. The highest BCUT2D eigenvalue weighted by Crippen LogP contribution is 2.23. The number of unbranched alkanes of at least 4 members (excludes halogenated alkanes) is 1. The third-order valence-corrected chi connectivity index (χ3v) is 2.55. The second-order valence-electron chi connectivity index (χ2n) is 3.78. The summed E-state index contributed by atoms with van der Waals surface area (Å²) in [7, 11) is 5.34. The maximum absolute atomic E-state index is 5.23. The molecular formula is C13H21NO2. The van der Waals surface area contributed by atoms with Crippen LogP contribution in [0.4, 0.5) is 0 Å². The molecule has 0 saturated carbocycles. The van der Waals surface area contributed by atoms with Crippen LogP contribution in [0.2, 0.25) is 0 Å². The summed E-state index contributed by atoms with van der Waals surface area (Å²) in [5.41, 5.74) is 1.27. The van der Waals surface area contributed by atoms with E-state index in [4.69, 9.17) is 9.47 Å². The first kappa shape index (κ1) is 12.8. The number of benzene rings is 1. The summed E-state index contributed by atoms with van der Waals surface area (Å²) in [6, 6.07) is 6.04. The first-order valence-electron chi connectivity index (χ1n) is 5.66. The molecule has 0 fully saturated rings. The van der Waals surface area contributed by atoms with Gasteiger partial charge in [-0.3, -0.25) is 0 Å². The Morgan fingerprint density at radius 3 is 2.12 bits per heavy atom. The Labute approximate surface area is 97.8 Å². The molecule has 0 unspecified atom stereocenters. The molecule has 16 heavy (non-hydrogen) atoms. The molecule has 0 saturated heterocycles. The minimum Gasteiger partial charge on any atom is -0.497 e. The molecule has 0 spiro atoms. The van der Waals surface area contributed by atoms with E-state index in [1.807, 2.05) is 13.1 Å². The predicted octanol–water partition coefficient (Wildman–Crippen LogP) is 2.25. The minimum absolute atomic E-state index is 0.864. The first-order chi connectivity index (χ1) is 7.80. The van der Waals surface area contributed by atoms with Gasteiger partial charge in [0.1, 0.15) is 11.5 Å². The van der Waals surface area contributed by atoms with Crippen LogP contribution in [-0.2, 0) is 6.42 Å². The Bertz CT molecular complexity index is 291. The number of aryl methyl sites for hydroxylation is 1. The largest absolute Gasteiger partial charge is 0.497 e. The SMILES string of the molecule is CNCCCCc1cc(OC)cc(OC)c1. The zero-order valence-electron chi connectivity index (χ0n) is 10.4. The number of nitrogens with one attached hydrogen (secondary N) is 1. The molecule has 0 aromatic heterocycles. The van der Waals surface area contributed by atoms with Gasteiger partial charge >= 0.3 is 0 Å². The zero-order chi connectivity index (χ0) is 11.8. The van der Waals surface area contributed by atoms with E-state index in [1.54, 1.807) is 14.2 Å². The number of methoxy groups -OCH3 is 2. The van der Waals surface area contributed by atoms with Gasteiger partial charge in [0, 0.05) is 6.07 Å². The van der Waals surface area contributed by atoms with E-state index in [0.29, 0.717) is 0 Å². The normalized spacial score (nSPS) is 10.2. The third-order valence-electron chi connectivity index (χ3n) is 2.55. The number of hydrogen-bond donors (Lipinski definition) is 1. The molecule has 0 bridgehead atoms. The van der Waals surface area contributed by atoms with Gasteiger partial charge in [-0.15, -0.1) is 0 Å². The molecule has 3 heteroatoms. The minimum atomic E-state index is 0.864. The summed E-state index contributed by atoms with van der Waals surface area (Å²) in [4.78, 5) is 0. The van der Waals surface area contributed by atoms with Gasteiger partial charge in [0.05, 0.1) is 14.2 Å². The molecular weight excluding hydrogens is 202 g/mol. The molecule has 0 radical (unpaired) electrons. The van der Waals surface area contributed by atoms with Crippen LogP contribution in [0.15, 0.2) is 18.2 Å². The molecule has 0 amide bonds. The summed E-state index contributed by atoms with van der Waals surface area (Å²) < 4.78 is 10.5. The Morgan fingerprint density at radius 1 is 1.00 bits per heavy atom. The lowest BCUT2D eigenvalue weighted by atomic mass is 10.1. The van der Waals surface area contributed by atoms with E-state index < -0.39 is 0 Å². The van der Waals surface area contributed by atoms with Crippen LogP contribution in [0.3, 0.4) is 0 Å². The Kier molecular flexibility index (Phi) is 5.72. The quantitative estimate of drug-likeness (QED) is 0.719. The smallest absolute Gasteiger partial charge is 0.122 e. The molecule has 1 rings (SSSR count). The summed E-state index contributed by atoms with van der Waals surface area (Å²) in [6.45, 7) is 1.07. The van der Waals surface area contributed by atoms with Crippen LogP contribution in [0.5, 0.6) is 11.5 Å². The van der Waals surface area contributed by atoms with Crippen LogP contribution >= 0.6 is 0 Å². The lowest BCUT2D eigenvalue weighted by molar-refractivity contribution is 0.393. The van der Waals surface area contributed by atoms with Gasteiger partial charge in [-0.25, -0.2) is 0 Å². The Balaban J connectivity index is 2.57. The standard InChI is InChI=1S/C13H21NO2/c1-14-7-5-4-6-11-8-12(15-2)10-13(9-11)16-3/h8-10,14H,4-7H2,1-3H3. The molecule has 1 N–H and O–H groups in total. The van der Waals surface area contributed by atoms with Crippen molar-refractivity contribution in [1.29, 1.82) is 0 Å². The van der Waals surface area contributed by atoms with Gasteiger partial charge in [0.15, 0.2) is 0 Å². The molecule has 0 aliphatic rings. The third kappa shape index (κ3) is 4.11. The number of ether oxygens (including phenoxy) is 2. The average Bonchev–Trinajstić information content (AvgIpc) is 2.34. The number of rotatable bonds is 7. The van der Waals surface area contributed by atoms with Crippen molar-refractivity contribution in [3.05, 3.63) is 23.8 Å². The van der Waals surface area contributed by atoms with E-state index in [9.17, 15) is 0 Å². The van der Waals surface area contributed by atoms with Crippen molar-refractivity contribution in [3.63, 3.8) is 0 Å². The van der Waals surface area contributed by atoms with Crippen LogP contribution in [0, 0.1) is 0 Å². The van der Waals surface area contributed by atoms with Crippen molar-refractivity contribution < 1.29 is 9.47 Å². The fourth-order valence-corrected chi connectivity index (χ4v) is 1.64. The van der Waals surface area contributed by atoms with Gasteiger partial charge in [-0.2, -0.15) is 0 Å². The molecule has 0 atom stereocenters. The van der Waals surface area contributed by atoms with E-state index >= 15 is 0 Å². The molecule has 0 heterocycles. The van der Waals surface area contributed by atoms with Crippen molar-refractivity contribution in [3.8, 4) is 11.5 Å². The van der Waals surface area contributed by atoms with Crippen LogP contribution < -0.4 is 14.8 Å². The average molecular weight is 223 g/mol. The van der Waals surface area contributed by atoms with E-state index in [2.05, 4.69) is 17.4 Å². The monoisotopic (exact) mass is 223 g/mol. The lowest BCUT2D eigenvalue weighted by Gasteiger charge is -2.08. The van der Waals surface area contributed by atoms with E-state index in [1.165, 1.54) is 18.4 Å². The fourth-order valence-electron chi connectivity index (χ4n) is 1.64. The second-order valence-corrected chi connectivity index (χ2v) is 3.78. The molecule has 90 valence electrons. The maximum Gasteiger partial charge on any atom is 0.122 e. The Hall–Kier alpha value is -1.22. The van der Waals surface area contributed by atoms with Crippen LogP contribution in [0.25, 0.3) is 0 Å². The van der Waals surface area contributed by atoms with Crippen molar-refractivity contribution in [2.45, 2.75) is 19.3 Å². The van der Waals surface area contributed by atoms with Gasteiger partial charge in [0.2, 0.25) is 0 Å². The predicted molar refractivity (Wildman–Crippen MR) is 66.4 cm³/mol. The molecule has 3 nitrogen and oxygen atoms in total. The summed E-state index contributed by atoms with van der Waals surface area (Å²) >= 11 is 0. The van der Waals surface area contributed by atoms with Gasteiger partial charge in [-0.1, -0.05) is 0 Å². The Morgan fingerprint density at radius 2 is 1.62 bits per heavy atom. The van der Waals surface area contributed by atoms with Gasteiger partial charge in [-0.05, 0) is 50.6 Å². The molecule has 1 aromatic rings. The van der Waals surface area contributed by atoms with Crippen LogP contribution in [-0.4, -0.2) is 27.8 Å². The highest BCUT2D eigenvalue weighted by atomic mass is 16.5. The molecule has 1 aromatic carbocycles. The van der Waals surface area contributed by atoms with Gasteiger partial charge < -0.3 is 14.8 Å². The summed E-state index contributed by atoms with van der Waals surface area (Å²) in [5.74, 6) is 1.73. The lowest BCUT2D eigenvalue weighted by Crippen LogP contribution is -2.07. The highest BCUT2D eigenvalue weighted by Gasteiger charge is 2.01. The maximum atomic E-state index is 5.23. The second kappa shape index (κ2) is 7.12. The topological polar surface area (TPSA) is 30.5 Å². The number of hydrogen-bond acceptors (Lipinski definition) is 3. The van der Waals surface area contributed by atoms with Crippen LogP contribution in [0.1, 0.15) is 18.4 Å². The van der Waals surface area contributed by atoms with Crippen molar-refractivity contribution >= 4 is 0 Å². The van der Waals surface area contributed by atoms with E-state index in [-0.39, 0.29) is 0 Å². The van der Waals surface area contributed by atoms with Crippen molar-refractivity contribution in [1.82, 2.24) is 5.32 Å². The summed E-state index contributed by atoms with van der Waals surface area (Å²) in [6.07, 6.45) is 3.43. The fraction of sp³-hybridized carbons (Fsp3) is 0.538.